The van der Waals surface area contributed by atoms with Crippen molar-refractivity contribution < 1.29 is 0 Å². The topological polar surface area (TPSA) is 26.0 Å². The molecule has 0 bridgehead atoms. The van der Waals surface area contributed by atoms with Crippen LogP contribution in [0.15, 0.2) is 23.6 Å². The van der Waals surface area contributed by atoms with Crippen molar-refractivity contribution in [3.63, 3.8) is 0 Å². The Hall–Kier alpha value is -1.12. The maximum atomic E-state index is 6.44. The highest BCUT2D eigenvalue weighted by atomic mass is 32.1. The van der Waals surface area contributed by atoms with Gasteiger partial charge in [-0.05, 0) is 71.9 Å². The van der Waals surface area contributed by atoms with Gasteiger partial charge < -0.3 is 5.73 Å². The third kappa shape index (κ3) is 3.56. The Morgan fingerprint density at radius 3 is 2.10 bits per heavy atom. The molecule has 0 aliphatic rings. The molecule has 1 aromatic heterocycles. The standard InChI is InChI=1S/C19H27NS/c1-12-9-15(19(4,5)6)10-13(2)17(12)11-18(20)16-7-8-21-14(16)3/h7-10,18H,11,20H2,1-6H3. The lowest BCUT2D eigenvalue weighted by molar-refractivity contribution is 0.588. The van der Waals surface area contributed by atoms with Crippen LogP contribution in [0.25, 0.3) is 0 Å². The summed E-state index contributed by atoms with van der Waals surface area (Å²) in [6.45, 7) is 13.4. The third-order valence-electron chi connectivity index (χ3n) is 4.28. The van der Waals surface area contributed by atoms with Crippen molar-refractivity contribution >= 4 is 11.3 Å². The van der Waals surface area contributed by atoms with E-state index >= 15 is 0 Å². The Kier molecular flexibility index (Phi) is 4.60. The summed E-state index contributed by atoms with van der Waals surface area (Å²) in [6, 6.07) is 6.92. The Bertz CT molecular complexity index is 608. The fraction of sp³-hybridized carbons (Fsp3) is 0.474. The number of thiophene rings is 1. The zero-order valence-electron chi connectivity index (χ0n) is 14.1. The molecule has 0 fully saturated rings. The van der Waals surface area contributed by atoms with Crippen LogP contribution >= 0.6 is 11.3 Å². The van der Waals surface area contributed by atoms with Crippen molar-refractivity contribution in [2.24, 2.45) is 5.73 Å². The van der Waals surface area contributed by atoms with Crippen molar-refractivity contribution in [3.8, 4) is 0 Å². The monoisotopic (exact) mass is 301 g/mol. The van der Waals surface area contributed by atoms with Gasteiger partial charge in [0.25, 0.3) is 0 Å². The van der Waals surface area contributed by atoms with E-state index in [1.165, 1.54) is 32.7 Å². The first-order chi connectivity index (χ1) is 9.70. The molecule has 2 heteroatoms. The fourth-order valence-electron chi connectivity index (χ4n) is 2.86. The number of nitrogens with two attached hydrogens (primary N) is 1. The number of benzene rings is 1. The minimum absolute atomic E-state index is 0.0918. The van der Waals surface area contributed by atoms with Crippen molar-refractivity contribution in [2.45, 2.75) is 59.4 Å². The molecule has 0 aliphatic heterocycles. The van der Waals surface area contributed by atoms with Crippen LogP contribution in [0, 0.1) is 20.8 Å². The van der Waals surface area contributed by atoms with Crippen molar-refractivity contribution in [1.29, 1.82) is 0 Å². The van der Waals surface area contributed by atoms with Crippen LogP contribution in [0.4, 0.5) is 0 Å². The zero-order valence-corrected chi connectivity index (χ0v) is 14.9. The molecule has 0 saturated carbocycles. The summed E-state index contributed by atoms with van der Waals surface area (Å²) in [5.74, 6) is 0. The summed E-state index contributed by atoms with van der Waals surface area (Å²) in [7, 11) is 0. The SMILES string of the molecule is Cc1cc(C(C)(C)C)cc(C)c1CC(N)c1ccsc1C. The molecule has 0 spiro atoms. The Labute approximate surface area is 133 Å². The lowest BCUT2D eigenvalue weighted by Gasteiger charge is -2.23. The Morgan fingerprint density at radius 2 is 1.67 bits per heavy atom. The normalized spacial score (nSPS) is 13.5. The van der Waals surface area contributed by atoms with Gasteiger partial charge >= 0.3 is 0 Å². The van der Waals surface area contributed by atoms with Gasteiger partial charge in [0.15, 0.2) is 0 Å². The van der Waals surface area contributed by atoms with Crippen molar-refractivity contribution in [1.82, 2.24) is 0 Å². The summed E-state index contributed by atoms with van der Waals surface area (Å²) in [5.41, 5.74) is 13.5. The smallest absolute Gasteiger partial charge is 0.0346 e. The van der Waals surface area contributed by atoms with Gasteiger partial charge in [-0.2, -0.15) is 0 Å². The lowest BCUT2D eigenvalue weighted by Crippen LogP contribution is -2.17. The van der Waals surface area contributed by atoms with E-state index in [2.05, 4.69) is 65.1 Å². The first-order valence-electron chi connectivity index (χ1n) is 7.60. The van der Waals surface area contributed by atoms with Gasteiger partial charge in [0, 0.05) is 10.9 Å². The first kappa shape index (κ1) is 16.3. The molecule has 114 valence electrons. The van der Waals surface area contributed by atoms with Gasteiger partial charge in [-0.25, -0.2) is 0 Å². The Balaban J connectivity index is 2.31. The summed E-state index contributed by atoms with van der Waals surface area (Å²) < 4.78 is 0. The van der Waals surface area contributed by atoms with Crippen LogP contribution in [0.3, 0.4) is 0 Å². The van der Waals surface area contributed by atoms with Crippen LogP contribution in [0.5, 0.6) is 0 Å². The van der Waals surface area contributed by atoms with Gasteiger partial charge in [-0.3, -0.25) is 0 Å². The van der Waals surface area contributed by atoms with Crippen LogP contribution < -0.4 is 5.73 Å². The van der Waals surface area contributed by atoms with Gasteiger partial charge in [0.2, 0.25) is 0 Å². The molecule has 1 heterocycles. The van der Waals surface area contributed by atoms with E-state index in [-0.39, 0.29) is 11.5 Å². The van der Waals surface area contributed by atoms with Gasteiger partial charge in [0.05, 0.1) is 0 Å². The molecule has 0 radical (unpaired) electrons. The van der Waals surface area contributed by atoms with Crippen LogP contribution in [-0.4, -0.2) is 0 Å². The predicted octanol–water partition coefficient (Wildman–Crippen LogP) is 5.21. The molecule has 1 unspecified atom stereocenters. The largest absolute Gasteiger partial charge is 0.324 e. The first-order valence-corrected chi connectivity index (χ1v) is 8.48. The minimum atomic E-state index is 0.0918. The predicted molar refractivity (Wildman–Crippen MR) is 94.3 cm³/mol. The number of hydrogen-bond donors (Lipinski definition) is 1. The molecule has 2 rings (SSSR count). The van der Waals surface area contributed by atoms with E-state index in [9.17, 15) is 0 Å². The highest BCUT2D eigenvalue weighted by Gasteiger charge is 2.18. The van der Waals surface area contributed by atoms with E-state index in [0.29, 0.717) is 0 Å². The van der Waals surface area contributed by atoms with E-state index in [0.717, 1.165) is 6.42 Å². The average molecular weight is 301 g/mol. The molecule has 21 heavy (non-hydrogen) atoms. The van der Waals surface area contributed by atoms with Crippen molar-refractivity contribution in [3.05, 3.63) is 56.3 Å². The number of rotatable bonds is 3. The maximum absolute atomic E-state index is 6.44. The minimum Gasteiger partial charge on any atom is -0.324 e. The van der Waals surface area contributed by atoms with Crippen LogP contribution in [0.2, 0.25) is 0 Å². The van der Waals surface area contributed by atoms with E-state index in [1.807, 2.05) is 0 Å². The molecule has 2 N–H and O–H groups in total. The summed E-state index contributed by atoms with van der Waals surface area (Å²) in [5, 5.41) is 2.13. The maximum Gasteiger partial charge on any atom is 0.0346 e. The third-order valence-corrected chi connectivity index (χ3v) is 5.15. The summed E-state index contributed by atoms with van der Waals surface area (Å²) >= 11 is 1.78. The molecular weight excluding hydrogens is 274 g/mol. The molecule has 0 amide bonds. The fourth-order valence-corrected chi connectivity index (χ4v) is 3.63. The van der Waals surface area contributed by atoms with Crippen molar-refractivity contribution in [2.75, 3.05) is 0 Å². The van der Waals surface area contributed by atoms with Crippen LogP contribution in [0.1, 0.15) is 59.5 Å². The van der Waals surface area contributed by atoms with Gasteiger partial charge in [0.1, 0.15) is 0 Å². The number of hydrogen-bond acceptors (Lipinski definition) is 2. The number of aryl methyl sites for hydroxylation is 3. The lowest BCUT2D eigenvalue weighted by atomic mass is 9.82. The van der Waals surface area contributed by atoms with Crippen LogP contribution in [-0.2, 0) is 11.8 Å². The quantitative estimate of drug-likeness (QED) is 0.827. The molecule has 2 aromatic rings. The van der Waals surface area contributed by atoms with E-state index in [4.69, 9.17) is 5.73 Å². The molecular formula is C19H27NS. The van der Waals surface area contributed by atoms with Gasteiger partial charge in [-0.1, -0.05) is 32.9 Å². The summed E-state index contributed by atoms with van der Waals surface area (Å²) in [6.07, 6.45) is 0.916. The average Bonchev–Trinajstić information content (AvgIpc) is 2.78. The molecule has 1 atom stereocenters. The Morgan fingerprint density at radius 1 is 1.10 bits per heavy atom. The molecule has 1 nitrogen and oxygen atoms in total. The molecule has 0 aliphatic carbocycles. The second-order valence-corrected chi connectivity index (χ2v) is 8.20. The zero-order chi connectivity index (χ0) is 15.8. The second kappa shape index (κ2) is 5.94. The molecule has 0 saturated heterocycles. The summed E-state index contributed by atoms with van der Waals surface area (Å²) in [4.78, 5) is 1.34. The van der Waals surface area contributed by atoms with E-state index in [1.54, 1.807) is 11.3 Å². The highest BCUT2D eigenvalue weighted by Crippen LogP contribution is 2.30. The van der Waals surface area contributed by atoms with Gasteiger partial charge in [-0.15, -0.1) is 11.3 Å². The van der Waals surface area contributed by atoms with E-state index < -0.39 is 0 Å². The second-order valence-electron chi connectivity index (χ2n) is 7.08. The highest BCUT2D eigenvalue weighted by molar-refractivity contribution is 7.10. The molecule has 1 aromatic carbocycles.